The predicted molar refractivity (Wildman–Crippen MR) is 107 cm³/mol. The average molecular weight is 368 g/mol. The van der Waals surface area contributed by atoms with Gasteiger partial charge in [-0.25, -0.2) is 4.98 Å². The third-order valence-electron chi connectivity index (χ3n) is 4.92. The van der Waals surface area contributed by atoms with Gasteiger partial charge in [-0.2, -0.15) is 0 Å². The minimum absolute atomic E-state index is 0.197. The number of thiophene rings is 1. The Kier molecular flexibility index (Phi) is 5.48. The van der Waals surface area contributed by atoms with E-state index in [2.05, 4.69) is 45.9 Å². The summed E-state index contributed by atoms with van der Waals surface area (Å²) in [6, 6.07) is 14.9. The van der Waals surface area contributed by atoms with Gasteiger partial charge in [-0.1, -0.05) is 30.3 Å². The standard InChI is InChI=1S/C21H25N3OS/c25-14-6-13-24-16-22-20(17-7-2-1-3-8-17)21(24)19-10-9-18(26-19)15-23-11-4-5-12-23/h1-3,7-10,16,25H,4-6,11-15H2. The predicted octanol–water partition coefficient (Wildman–Crippen LogP) is 4.26. The summed E-state index contributed by atoms with van der Waals surface area (Å²) >= 11 is 1.87. The zero-order chi connectivity index (χ0) is 17.8. The normalized spacial score (nSPS) is 15.0. The molecule has 1 saturated heterocycles. The van der Waals surface area contributed by atoms with Crippen LogP contribution in [0.3, 0.4) is 0 Å². The third-order valence-corrected chi connectivity index (χ3v) is 5.99. The van der Waals surface area contributed by atoms with Crippen LogP contribution < -0.4 is 0 Å². The van der Waals surface area contributed by atoms with E-state index in [1.165, 1.54) is 41.4 Å². The lowest BCUT2D eigenvalue weighted by Crippen LogP contribution is -2.17. The molecule has 1 N–H and O–H groups in total. The van der Waals surface area contributed by atoms with Gasteiger partial charge in [0.25, 0.3) is 0 Å². The van der Waals surface area contributed by atoms with Gasteiger partial charge in [0.05, 0.1) is 22.6 Å². The molecular formula is C21H25N3OS. The summed E-state index contributed by atoms with van der Waals surface area (Å²) in [5.41, 5.74) is 3.33. The quantitative estimate of drug-likeness (QED) is 0.678. The van der Waals surface area contributed by atoms with Crippen LogP contribution in [0.5, 0.6) is 0 Å². The first-order valence-corrected chi connectivity index (χ1v) is 10.2. The first kappa shape index (κ1) is 17.5. The number of benzene rings is 1. The fourth-order valence-electron chi connectivity index (χ4n) is 3.61. The van der Waals surface area contributed by atoms with Crippen molar-refractivity contribution in [1.82, 2.24) is 14.5 Å². The monoisotopic (exact) mass is 367 g/mol. The van der Waals surface area contributed by atoms with Crippen LogP contribution >= 0.6 is 11.3 Å². The topological polar surface area (TPSA) is 41.3 Å². The Balaban J connectivity index is 1.67. The summed E-state index contributed by atoms with van der Waals surface area (Å²) in [6.07, 6.45) is 5.30. The number of nitrogens with zero attached hydrogens (tertiary/aromatic N) is 3. The summed E-state index contributed by atoms with van der Waals surface area (Å²) in [5.74, 6) is 0. The van der Waals surface area contributed by atoms with E-state index >= 15 is 0 Å². The smallest absolute Gasteiger partial charge is 0.0971 e. The fraction of sp³-hybridized carbons (Fsp3) is 0.381. The number of rotatable bonds is 7. The Hall–Kier alpha value is -1.95. The molecule has 4 nitrogen and oxygen atoms in total. The lowest BCUT2D eigenvalue weighted by molar-refractivity contribution is 0.280. The van der Waals surface area contributed by atoms with E-state index in [0.29, 0.717) is 0 Å². The molecule has 1 aromatic carbocycles. The summed E-state index contributed by atoms with van der Waals surface area (Å²) in [5, 5.41) is 9.24. The fourth-order valence-corrected chi connectivity index (χ4v) is 4.72. The molecule has 5 heteroatoms. The Bertz CT molecular complexity index is 834. The van der Waals surface area contributed by atoms with Gasteiger partial charge < -0.3 is 9.67 Å². The molecule has 1 aliphatic rings. The summed E-state index contributed by atoms with van der Waals surface area (Å²) in [4.78, 5) is 9.91. The Labute approximate surface area is 158 Å². The van der Waals surface area contributed by atoms with Crippen molar-refractivity contribution in [1.29, 1.82) is 0 Å². The highest BCUT2D eigenvalue weighted by molar-refractivity contribution is 7.15. The molecule has 2 aromatic heterocycles. The van der Waals surface area contributed by atoms with Crippen LogP contribution in [-0.4, -0.2) is 39.3 Å². The lowest BCUT2D eigenvalue weighted by Gasteiger charge is -2.12. The molecule has 0 spiro atoms. The minimum atomic E-state index is 0.197. The van der Waals surface area contributed by atoms with Crippen LogP contribution in [0, 0.1) is 0 Å². The summed E-state index contributed by atoms with van der Waals surface area (Å²) < 4.78 is 2.18. The number of aliphatic hydroxyl groups excluding tert-OH is 1. The number of imidazole rings is 1. The molecule has 0 saturated carbocycles. The largest absolute Gasteiger partial charge is 0.396 e. The van der Waals surface area contributed by atoms with E-state index in [4.69, 9.17) is 4.98 Å². The lowest BCUT2D eigenvalue weighted by atomic mass is 10.1. The molecular weight excluding hydrogens is 342 g/mol. The number of aromatic nitrogens is 2. The number of hydrogen-bond acceptors (Lipinski definition) is 4. The van der Waals surface area contributed by atoms with Gasteiger partial charge in [0, 0.05) is 30.1 Å². The molecule has 3 aromatic rings. The van der Waals surface area contributed by atoms with Crippen molar-refractivity contribution in [3.05, 3.63) is 53.7 Å². The molecule has 4 rings (SSSR count). The van der Waals surface area contributed by atoms with Gasteiger partial charge >= 0.3 is 0 Å². The molecule has 1 fully saturated rings. The highest BCUT2D eigenvalue weighted by atomic mass is 32.1. The first-order valence-electron chi connectivity index (χ1n) is 9.38. The number of aliphatic hydroxyl groups is 1. The minimum Gasteiger partial charge on any atom is -0.396 e. The van der Waals surface area contributed by atoms with Crippen LogP contribution in [0.2, 0.25) is 0 Å². The van der Waals surface area contributed by atoms with E-state index in [1.807, 2.05) is 23.7 Å². The molecule has 3 heterocycles. The Morgan fingerprint density at radius 2 is 1.85 bits per heavy atom. The van der Waals surface area contributed by atoms with Crippen LogP contribution in [0.1, 0.15) is 24.1 Å². The second-order valence-electron chi connectivity index (χ2n) is 6.83. The highest BCUT2D eigenvalue weighted by Gasteiger charge is 2.18. The molecule has 136 valence electrons. The van der Waals surface area contributed by atoms with Crippen molar-refractivity contribution in [2.75, 3.05) is 19.7 Å². The second-order valence-corrected chi connectivity index (χ2v) is 8.00. The van der Waals surface area contributed by atoms with Crippen molar-refractivity contribution < 1.29 is 5.11 Å². The van der Waals surface area contributed by atoms with Gasteiger partial charge in [0.1, 0.15) is 0 Å². The SMILES string of the molecule is OCCCn1cnc(-c2ccccc2)c1-c1ccc(CN2CCCC2)s1. The maximum absolute atomic E-state index is 9.24. The molecule has 0 aliphatic carbocycles. The zero-order valence-electron chi connectivity index (χ0n) is 15.0. The molecule has 1 aliphatic heterocycles. The van der Waals surface area contributed by atoms with E-state index < -0.39 is 0 Å². The van der Waals surface area contributed by atoms with Crippen LogP contribution in [0.25, 0.3) is 21.8 Å². The van der Waals surface area contributed by atoms with Crippen molar-refractivity contribution in [2.45, 2.75) is 32.4 Å². The second kappa shape index (κ2) is 8.16. The Morgan fingerprint density at radius 3 is 2.62 bits per heavy atom. The molecule has 0 radical (unpaired) electrons. The Morgan fingerprint density at radius 1 is 1.04 bits per heavy atom. The molecule has 0 bridgehead atoms. The van der Waals surface area contributed by atoms with Crippen LogP contribution in [-0.2, 0) is 13.1 Å². The number of hydrogen-bond donors (Lipinski definition) is 1. The molecule has 0 amide bonds. The van der Waals surface area contributed by atoms with Gasteiger partial charge in [0.2, 0.25) is 0 Å². The zero-order valence-corrected chi connectivity index (χ0v) is 15.8. The van der Waals surface area contributed by atoms with Crippen molar-refractivity contribution in [3.8, 4) is 21.8 Å². The van der Waals surface area contributed by atoms with Crippen LogP contribution in [0.15, 0.2) is 48.8 Å². The molecule has 0 atom stereocenters. The summed E-state index contributed by atoms with van der Waals surface area (Å²) in [6.45, 7) is 4.47. The first-order chi connectivity index (χ1) is 12.8. The van der Waals surface area contributed by atoms with Crippen molar-refractivity contribution in [2.24, 2.45) is 0 Å². The van der Waals surface area contributed by atoms with Crippen molar-refractivity contribution >= 4 is 11.3 Å². The van der Waals surface area contributed by atoms with E-state index in [1.54, 1.807) is 0 Å². The number of likely N-dealkylation sites (tertiary alicyclic amines) is 1. The average Bonchev–Trinajstić information content (AvgIpc) is 3.42. The summed E-state index contributed by atoms with van der Waals surface area (Å²) in [7, 11) is 0. The van der Waals surface area contributed by atoms with E-state index in [-0.39, 0.29) is 6.61 Å². The third kappa shape index (κ3) is 3.75. The van der Waals surface area contributed by atoms with Crippen LogP contribution in [0.4, 0.5) is 0 Å². The van der Waals surface area contributed by atoms with Gasteiger partial charge in [0.15, 0.2) is 0 Å². The molecule has 26 heavy (non-hydrogen) atoms. The number of aryl methyl sites for hydroxylation is 1. The van der Waals surface area contributed by atoms with E-state index in [9.17, 15) is 5.11 Å². The molecule has 0 unspecified atom stereocenters. The maximum atomic E-state index is 9.24. The van der Waals surface area contributed by atoms with Gasteiger partial charge in [-0.05, 0) is 44.5 Å². The van der Waals surface area contributed by atoms with Gasteiger partial charge in [-0.15, -0.1) is 11.3 Å². The van der Waals surface area contributed by atoms with Crippen molar-refractivity contribution in [3.63, 3.8) is 0 Å². The highest BCUT2D eigenvalue weighted by Crippen LogP contribution is 2.36. The van der Waals surface area contributed by atoms with Gasteiger partial charge in [-0.3, -0.25) is 4.90 Å². The maximum Gasteiger partial charge on any atom is 0.0971 e. The van der Waals surface area contributed by atoms with E-state index in [0.717, 1.165) is 30.8 Å².